The van der Waals surface area contributed by atoms with Gasteiger partial charge < -0.3 is 5.11 Å². The second-order valence-electron chi connectivity index (χ2n) is 7.52. The number of para-hydroxylation sites is 1. The highest BCUT2D eigenvalue weighted by Crippen LogP contribution is 2.44. The summed E-state index contributed by atoms with van der Waals surface area (Å²) in [6.45, 7) is 1.90. The molecule has 158 valence electrons. The molecule has 3 aromatic carbocycles. The number of Topliss-reactive ketones (excluding diaryl/α,β-unsaturated/α-hetero) is 1. The molecular formula is C25H17FN2O3S. The number of rotatable bonds is 3. The standard InChI is InChI=1S/C25H17FN2O3S/c1-14-10-12-15(13-11-14)22(29)20-21(16-6-2-3-7-17(16)26)28(24(31)23(20)30)25-27-18-8-4-5-9-19(18)32-25/h2-13,21,29H,1H3/t21-/m0/s1. The predicted octanol–water partition coefficient (Wildman–Crippen LogP) is 5.37. The van der Waals surface area contributed by atoms with E-state index >= 15 is 0 Å². The number of hydrogen-bond donors (Lipinski definition) is 1. The number of ketones is 1. The molecule has 7 heteroatoms. The van der Waals surface area contributed by atoms with Crippen molar-refractivity contribution >= 4 is 44.1 Å². The summed E-state index contributed by atoms with van der Waals surface area (Å²) >= 11 is 1.23. The first-order chi connectivity index (χ1) is 15.5. The fourth-order valence-corrected chi connectivity index (χ4v) is 4.84. The van der Waals surface area contributed by atoms with Gasteiger partial charge in [0.15, 0.2) is 5.13 Å². The van der Waals surface area contributed by atoms with Crippen LogP contribution in [0.2, 0.25) is 0 Å². The normalized spacial score (nSPS) is 17.9. The summed E-state index contributed by atoms with van der Waals surface area (Å²) in [7, 11) is 0. The molecule has 1 atom stereocenters. The molecule has 0 radical (unpaired) electrons. The Bertz CT molecular complexity index is 1380. The maximum absolute atomic E-state index is 14.9. The molecule has 0 bridgehead atoms. The average Bonchev–Trinajstić information content (AvgIpc) is 3.33. The number of aliphatic hydroxyl groups excluding tert-OH is 1. The molecule has 0 spiro atoms. The van der Waals surface area contributed by atoms with E-state index in [1.54, 1.807) is 36.4 Å². The maximum Gasteiger partial charge on any atom is 0.301 e. The first kappa shape index (κ1) is 20.1. The molecule has 5 rings (SSSR count). The van der Waals surface area contributed by atoms with Crippen molar-refractivity contribution in [3.63, 3.8) is 0 Å². The van der Waals surface area contributed by atoms with Crippen LogP contribution in [0.4, 0.5) is 9.52 Å². The topological polar surface area (TPSA) is 70.5 Å². The number of anilines is 1. The third-order valence-corrected chi connectivity index (χ3v) is 6.49. The third kappa shape index (κ3) is 3.18. The van der Waals surface area contributed by atoms with Crippen LogP contribution < -0.4 is 4.90 Å². The number of thiazole rings is 1. The van der Waals surface area contributed by atoms with Gasteiger partial charge in [-0.25, -0.2) is 9.37 Å². The summed E-state index contributed by atoms with van der Waals surface area (Å²) in [5, 5.41) is 11.3. The molecule has 1 aromatic heterocycles. The number of benzene rings is 3. The van der Waals surface area contributed by atoms with E-state index in [1.165, 1.54) is 34.4 Å². The van der Waals surface area contributed by atoms with Crippen molar-refractivity contribution in [3.05, 3.63) is 101 Å². The van der Waals surface area contributed by atoms with E-state index in [0.717, 1.165) is 10.3 Å². The molecule has 0 unspecified atom stereocenters. The van der Waals surface area contributed by atoms with Gasteiger partial charge in [-0.15, -0.1) is 0 Å². The summed E-state index contributed by atoms with van der Waals surface area (Å²) in [5.41, 5.74) is 1.96. The minimum Gasteiger partial charge on any atom is -0.507 e. The molecular weight excluding hydrogens is 427 g/mol. The summed E-state index contributed by atoms with van der Waals surface area (Å²) in [6, 6.07) is 19.0. The number of aromatic nitrogens is 1. The lowest BCUT2D eigenvalue weighted by molar-refractivity contribution is -0.132. The largest absolute Gasteiger partial charge is 0.507 e. The second kappa shape index (κ2) is 7.69. The minimum atomic E-state index is -1.14. The lowest BCUT2D eigenvalue weighted by Gasteiger charge is -2.23. The van der Waals surface area contributed by atoms with Crippen molar-refractivity contribution in [2.75, 3.05) is 4.90 Å². The van der Waals surface area contributed by atoms with Gasteiger partial charge in [-0.2, -0.15) is 0 Å². The van der Waals surface area contributed by atoms with Crippen LogP contribution in [-0.2, 0) is 9.59 Å². The van der Waals surface area contributed by atoms with E-state index < -0.39 is 23.5 Å². The molecule has 2 heterocycles. The van der Waals surface area contributed by atoms with Crippen LogP contribution in [0.1, 0.15) is 22.7 Å². The molecule has 1 amide bonds. The lowest BCUT2D eigenvalue weighted by Crippen LogP contribution is -2.29. The highest BCUT2D eigenvalue weighted by atomic mass is 32.1. The predicted molar refractivity (Wildman–Crippen MR) is 122 cm³/mol. The van der Waals surface area contributed by atoms with Crippen LogP contribution in [0.3, 0.4) is 0 Å². The molecule has 0 saturated carbocycles. The van der Waals surface area contributed by atoms with E-state index in [-0.39, 0.29) is 22.0 Å². The van der Waals surface area contributed by atoms with Crippen LogP contribution in [0, 0.1) is 12.7 Å². The van der Waals surface area contributed by atoms with Crippen LogP contribution in [0.25, 0.3) is 16.0 Å². The molecule has 32 heavy (non-hydrogen) atoms. The molecule has 1 N–H and O–H groups in total. The van der Waals surface area contributed by atoms with Crippen molar-refractivity contribution in [3.8, 4) is 0 Å². The summed E-state index contributed by atoms with van der Waals surface area (Å²) in [4.78, 5) is 32.0. The summed E-state index contributed by atoms with van der Waals surface area (Å²) in [5.74, 6) is -2.66. The quantitative estimate of drug-likeness (QED) is 0.262. The van der Waals surface area contributed by atoms with Crippen molar-refractivity contribution < 1.29 is 19.1 Å². The van der Waals surface area contributed by atoms with Gasteiger partial charge in [0, 0.05) is 11.1 Å². The summed E-state index contributed by atoms with van der Waals surface area (Å²) < 4.78 is 15.7. The SMILES string of the molecule is Cc1ccc(C(O)=C2C(=O)C(=O)N(c3nc4ccccc4s3)[C@H]2c2ccccc2F)cc1. The molecule has 1 aliphatic heterocycles. The van der Waals surface area contributed by atoms with Gasteiger partial charge >= 0.3 is 5.91 Å². The van der Waals surface area contributed by atoms with Crippen LogP contribution in [0.15, 0.2) is 78.4 Å². The zero-order chi connectivity index (χ0) is 22.4. The number of aryl methyl sites for hydroxylation is 1. The van der Waals surface area contributed by atoms with Gasteiger partial charge in [0.25, 0.3) is 5.78 Å². The second-order valence-corrected chi connectivity index (χ2v) is 8.53. The van der Waals surface area contributed by atoms with Crippen LogP contribution in [0.5, 0.6) is 0 Å². The van der Waals surface area contributed by atoms with Crippen LogP contribution >= 0.6 is 11.3 Å². The zero-order valence-corrected chi connectivity index (χ0v) is 17.8. The maximum atomic E-state index is 14.9. The lowest BCUT2D eigenvalue weighted by atomic mass is 9.95. The Morgan fingerprint density at radius 2 is 1.69 bits per heavy atom. The minimum absolute atomic E-state index is 0.111. The number of halogens is 1. The Balaban J connectivity index is 1.75. The van der Waals surface area contributed by atoms with Gasteiger partial charge in [0.05, 0.1) is 15.8 Å². The van der Waals surface area contributed by atoms with Crippen molar-refractivity contribution in [1.29, 1.82) is 0 Å². The molecule has 0 aliphatic carbocycles. The smallest absolute Gasteiger partial charge is 0.301 e. The number of carbonyl (C=O) groups is 2. The molecule has 4 aromatic rings. The van der Waals surface area contributed by atoms with Gasteiger partial charge in [-0.05, 0) is 25.1 Å². The number of fused-ring (bicyclic) bond motifs is 1. The van der Waals surface area contributed by atoms with E-state index in [4.69, 9.17) is 0 Å². The van der Waals surface area contributed by atoms with Gasteiger partial charge in [-0.1, -0.05) is 71.5 Å². The number of hydrogen-bond acceptors (Lipinski definition) is 5. The molecule has 1 aliphatic rings. The highest BCUT2D eigenvalue weighted by Gasteiger charge is 2.49. The van der Waals surface area contributed by atoms with Gasteiger partial charge in [0.2, 0.25) is 0 Å². The Kier molecular flexibility index (Phi) is 4.83. The zero-order valence-electron chi connectivity index (χ0n) is 16.9. The molecule has 1 fully saturated rings. The number of amides is 1. The first-order valence-electron chi connectivity index (χ1n) is 9.94. The average molecular weight is 444 g/mol. The Morgan fingerprint density at radius 3 is 2.41 bits per heavy atom. The highest BCUT2D eigenvalue weighted by molar-refractivity contribution is 7.22. The molecule has 5 nitrogen and oxygen atoms in total. The van der Waals surface area contributed by atoms with Crippen molar-refractivity contribution in [2.45, 2.75) is 13.0 Å². The van der Waals surface area contributed by atoms with Gasteiger partial charge in [-0.3, -0.25) is 14.5 Å². The van der Waals surface area contributed by atoms with Gasteiger partial charge in [0.1, 0.15) is 17.6 Å². The van der Waals surface area contributed by atoms with E-state index in [9.17, 15) is 19.1 Å². The van der Waals surface area contributed by atoms with Crippen molar-refractivity contribution in [2.24, 2.45) is 0 Å². The Labute approximate surface area is 187 Å². The van der Waals surface area contributed by atoms with Crippen LogP contribution in [-0.4, -0.2) is 21.8 Å². The Hall–Kier alpha value is -3.84. The third-order valence-electron chi connectivity index (χ3n) is 5.46. The number of aliphatic hydroxyl groups is 1. The fourth-order valence-electron chi connectivity index (χ4n) is 3.85. The summed E-state index contributed by atoms with van der Waals surface area (Å²) in [6.07, 6.45) is 0. The van der Waals surface area contributed by atoms with Crippen molar-refractivity contribution in [1.82, 2.24) is 4.98 Å². The number of carbonyl (C=O) groups excluding carboxylic acids is 2. The first-order valence-corrected chi connectivity index (χ1v) is 10.8. The van der Waals surface area contributed by atoms with E-state index in [1.807, 2.05) is 25.1 Å². The number of nitrogens with zero attached hydrogens (tertiary/aromatic N) is 2. The monoisotopic (exact) mass is 444 g/mol. The Morgan fingerprint density at radius 1 is 1.00 bits per heavy atom. The van der Waals surface area contributed by atoms with E-state index in [2.05, 4.69) is 4.98 Å². The van der Waals surface area contributed by atoms with E-state index in [0.29, 0.717) is 11.1 Å². The fraction of sp³-hybridized carbons (Fsp3) is 0.0800. The molecule has 1 saturated heterocycles.